The quantitative estimate of drug-likeness (QED) is 0.484. The van der Waals surface area contributed by atoms with Crippen molar-refractivity contribution in [2.24, 2.45) is 0 Å². The van der Waals surface area contributed by atoms with Crippen LogP contribution in [0.15, 0.2) is 0 Å². The van der Waals surface area contributed by atoms with Gasteiger partial charge in [-0.15, -0.1) is 0 Å². The smallest absolute Gasteiger partial charge is 0.377 e. The number of hydrogen-bond acceptors (Lipinski definition) is 6. The Morgan fingerprint density at radius 1 is 0.600 bits per heavy atom. The lowest BCUT2D eigenvalue weighted by Gasteiger charge is -2.30. The molecular formula is C12H30O6Si2. The van der Waals surface area contributed by atoms with Gasteiger partial charge in [-0.2, -0.15) is 0 Å². The third-order valence-electron chi connectivity index (χ3n) is 2.99. The van der Waals surface area contributed by atoms with Crippen molar-refractivity contribution in [3.05, 3.63) is 0 Å². The molecule has 20 heavy (non-hydrogen) atoms. The van der Waals surface area contributed by atoms with E-state index in [0.717, 1.165) is 18.5 Å². The Morgan fingerprint density at radius 2 is 0.950 bits per heavy atom. The Labute approximate surface area is 125 Å². The van der Waals surface area contributed by atoms with E-state index in [0.29, 0.717) is 19.8 Å². The summed E-state index contributed by atoms with van der Waals surface area (Å²) in [6.07, 6.45) is 0.827. The van der Waals surface area contributed by atoms with Gasteiger partial charge in [-0.25, -0.2) is 0 Å². The number of rotatable bonds is 13. The molecule has 122 valence electrons. The minimum absolute atomic E-state index is 0.591. The minimum atomic E-state index is -2.58. The van der Waals surface area contributed by atoms with E-state index < -0.39 is 17.6 Å². The van der Waals surface area contributed by atoms with E-state index in [1.54, 1.807) is 21.3 Å². The van der Waals surface area contributed by atoms with Gasteiger partial charge >= 0.3 is 17.6 Å². The van der Waals surface area contributed by atoms with Crippen molar-refractivity contribution in [2.75, 3.05) is 41.2 Å². The van der Waals surface area contributed by atoms with Crippen LogP contribution < -0.4 is 0 Å². The van der Waals surface area contributed by atoms with Crippen molar-refractivity contribution in [3.63, 3.8) is 0 Å². The van der Waals surface area contributed by atoms with Crippen molar-refractivity contribution in [2.45, 2.75) is 39.3 Å². The molecule has 0 saturated heterocycles. The van der Waals surface area contributed by atoms with Crippen LogP contribution in [0.4, 0.5) is 0 Å². The zero-order valence-corrected chi connectivity index (χ0v) is 15.7. The van der Waals surface area contributed by atoms with Crippen LogP contribution in [0.1, 0.15) is 27.2 Å². The van der Waals surface area contributed by atoms with Gasteiger partial charge in [0, 0.05) is 53.2 Å². The molecule has 0 radical (unpaired) electrons. The first kappa shape index (κ1) is 20.2. The van der Waals surface area contributed by atoms with Gasteiger partial charge in [0.1, 0.15) is 0 Å². The molecule has 0 aliphatic heterocycles. The summed E-state index contributed by atoms with van der Waals surface area (Å²) in [6, 6.07) is 1.46. The lowest BCUT2D eigenvalue weighted by Crippen LogP contribution is -2.47. The second-order valence-electron chi connectivity index (χ2n) is 4.13. The molecule has 0 N–H and O–H groups in total. The maximum absolute atomic E-state index is 5.81. The summed E-state index contributed by atoms with van der Waals surface area (Å²) in [5.74, 6) is 0. The fourth-order valence-corrected chi connectivity index (χ4v) is 6.77. The van der Waals surface area contributed by atoms with Crippen molar-refractivity contribution in [3.8, 4) is 0 Å². The van der Waals surface area contributed by atoms with Gasteiger partial charge in [0.05, 0.1) is 0 Å². The van der Waals surface area contributed by atoms with Gasteiger partial charge in [-0.05, 0) is 27.2 Å². The van der Waals surface area contributed by atoms with Gasteiger partial charge < -0.3 is 26.6 Å². The monoisotopic (exact) mass is 326 g/mol. The van der Waals surface area contributed by atoms with E-state index in [-0.39, 0.29) is 0 Å². The van der Waals surface area contributed by atoms with E-state index in [4.69, 9.17) is 26.6 Å². The second-order valence-corrected chi connectivity index (χ2v) is 9.95. The predicted octanol–water partition coefficient (Wildman–Crippen LogP) is 2.30. The van der Waals surface area contributed by atoms with Crippen LogP contribution >= 0.6 is 0 Å². The maximum Gasteiger partial charge on any atom is 0.500 e. The van der Waals surface area contributed by atoms with Crippen LogP contribution in [-0.2, 0) is 26.6 Å². The molecular weight excluding hydrogens is 296 g/mol. The molecule has 0 bridgehead atoms. The first-order chi connectivity index (χ1) is 9.57. The van der Waals surface area contributed by atoms with E-state index in [1.165, 1.54) is 0 Å². The third kappa shape index (κ3) is 6.31. The minimum Gasteiger partial charge on any atom is -0.377 e. The molecule has 0 aromatic carbocycles. The third-order valence-corrected chi connectivity index (χ3v) is 8.98. The van der Waals surface area contributed by atoms with E-state index in [2.05, 4.69) is 0 Å². The molecule has 0 rings (SSSR count). The molecule has 8 heteroatoms. The van der Waals surface area contributed by atoms with Crippen LogP contribution in [0.25, 0.3) is 0 Å². The molecule has 0 aromatic rings. The Morgan fingerprint density at radius 3 is 1.25 bits per heavy atom. The van der Waals surface area contributed by atoms with Crippen LogP contribution in [-0.4, -0.2) is 58.8 Å². The first-order valence-electron chi connectivity index (χ1n) is 7.14. The van der Waals surface area contributed by atoms with Crippen molar-refractivity contribution >= 4 is 17.6 Å². The molecule has 0 aliphatic rings. The Hall–Kier alpha value is 0.194. The molecule has 0 amide bonds. The van der Waals surface area contributed by atoms with Crippen LogP contribution in [0.5, 0.6) is 0 Å². The summed E-state index contributed by atoms with van der Waals surface area (Å²) in [6.45, 7) is 7.64. The first-order valence-corrected chi connectivity index (χ1v) is 11.0. The lowest BCUT2D eigenvalue weighted by atomic mass is 10.6. The summed E-state index contributed by atoms with van der Waals surface area (Å²) in [5, 5.41) is 0. The highest BCUT2D eigenvalue weighted by Crippen LogP contribution is 2.23. The van der Waals surface area contributed by atoms with Gasteiger partial charge in [-0.3, -0.25) is 0 Å². The molecule has 0 unspecified atom stereocenters. The Kier molecular flexibility index (Phi) is 11.0. The van der Waals surface area contributed by atoms with Gasteiger partial charge in [0.25, 0.3) is 0 Å². The molecule has 6 nitrogen and oxygen atoms in total. The second kappa shape index (κ2) is 10.9. The van der Waals surface area contributed by atoms with Crippen molar-refractivity contribution in [1.82, 2.24) is 0 Å². The summed E-state index contributed by atoms with van der Waals surface area (Å²) in [4.78, 5) is 0. The molecule has 0 spiro atoms. The fraction of sp³-hybridized carbons (Fsp3) is 1.00. The van der Waals surface area contributed by atoms with Gasteiger partial charge in [0.2, 0.25) is 0 Å². The topological polar surface area (TPSA) is 55.4 Å². The normalized spacial score (nSPS) is 12.9. The Balaban J connectivity index is 4.58. The predicted molar refractivity (Wildman–Crippen MR) is 81.6 cm³/mol. The average Bonchev–Trinajstić information content (AvgIpc) is 2.45. The van der Waals surface area contributed by atoms with Gasteiger partial charge in [-0.1, -0.05) is 0 Å². The van der Waals surface area contributed by atoms with E-state index in [9.17, 15) is 0 Å². The molecule has 0 saturated carbocycles. The molecule has 0 atom stereocenters. The lowest BCUT2D eigenvalue weighted by molar-refractivity contribution is 0.0704. The summed E-state index contributed by atoms with van der Waals surface area (Å²) in [7, 11) is -0.241. The highest BCUT2D eigenvalue weighted by Gasteiger charge is 2.43. The molecule has 0 aromatic heterocycles. The largest absolute Gasteiger partial charge is 0.500 e. The van der Waals surface area contributed by atoms with Crippen LogP contribution in [0.2, 0.25) is 12.1 Å². The molecule has 0 aliphatic carbocycles. The van der Waals surface area contributed by atoms with Gasteiger partial charge in [0.15, 0.2) is 0 Å². The average molecular weight is 327 g/mol. The summed E-state index contributed by atoms with van der Waals surface area (Å²) < 4.78 is 33.7. The highest BCUT2D eigenvalue weighted by molar-refractivity contribution is 6.62. The number of hydrogen-bond donors (Lipinski definition) is 0. The highest BCUT2D eigenvalue weighted by atomic mass is 28.4. The van der Waals surface area contributed by atoms with Crippen LogP contribution in [0.3, 0.4) is 0 Å². The zero-order valence-electron chi connectivity index (χ0n) is 13.7. The van der Waals surface area contributed by atoms with Crippen molar-refractivity contribution < 1.29 is 26.6 Å². The standard InChI is InChI=1S/C12H30O6Si2/c1-7-16-20(17-8-2,18-9-3)12-10-11-19(13-4,14-5)15-6/h7-12H2,1-6H3. The summed E-state index contributed by atoms with van der Waals surface area (Å²) in [5.41, 5.74) is 0. The molecule has 0 fully saturated rings. The van der Waals surface area contributed by atoms with E-state index >= 15 is 0 Å². The molecule has 0 heterocycles. The fourth-order valence-electron chi connectivity index (χ4n) is 2.08. The van der Waals surface area contributed by atoms with E-state index in [1.807, 2.05) is 20.8 Å². The van der Waals surface area contributed by atoms with Crippen molar-refractivity contribution in [1.29, 1.82) is 0 Å². The SMILES string of the molecule is CCO[Si](CCC[Si](OC)(OC)OC)(OCC)OCC. The summed E-state index contributed by atoms with van der Waals surface area (Å²) >= 11 is 0. The Bertz CT molecular complexity index is 213. The zero-order chi connectivity index (χ0) is 15.5. The van der Waals surface area contributed by atoms with Crippen LogP contribution in [0, 0.1) is 0 Å². The maximum atomic E-state index is 5.81.